The maximum atomic E-state index is 9.31. The minimum absolute atomic E-state index is 0.696. The van der Waals surface area contributed by atoms with Crippen LogP contribution in [0.4, 0.5) is 5.82 Å². The van der Waals surface area contributed by atoms with E-state index in [0.717, 1.165) is 30.9 Å². The Kier molecular flexibility index (Phi) is 2.92. The Morgan fingerprint density at radius 3 is 2.79 bits per heavy atom. The van der Waals surface area contributed by atoms with E-state index >= 15 is 0 Å². The summed E-state index contributed by atoms with van der Waals surface area (Å²) in [6.07, 6.45) is 2.79. The van der Waals surface area contributed by atoms with Crippen molar-refractivity contribution in [3.8, 4) is 6.07 Å². The van der Waals surface area contributed by atoms with Crippen LogP contribution in [0.1, 0.15) is 22.3 Å². The molecule has 2 aromatic rings. The second-order valence-electron chi connectivity index (χ2n) is 4.88. The number of nitrogens with zero attached hydrogens (tertiary/aromatic N) is 3. The zero-order chi connectivity index (χ0) is 13.2. The van der Waals surface area contributed by atoms with E-state index in [-0.39, 0.29) is 0 Å². The van der Waals surface area contributed by atoms with Gasteiger partial charge in [0.25, 0.3) is 0 Å². The van der Waals surface area contributed by atoms with Crippen LogP contribution in [0.15, 0.2) is 36.5 Å². The van der Waals surface area contributed by atoms with Gasteiger partial charge in [0.2, 0.25) is 0 Å². The predicted octanol–water partition coefficient (Wildman–Crippen LogP) is 2.82. The maximum Gasteiger partial charge on any atom is 0.147 e. The molecule has 0 unspecified atom stereocenters. The first-order chi connectivity index (χ1) is 9.29. The Labute approximate surface area is 113 Å². The van der Waals surface area contributed by atoms with E-state index in [1.165, 1.54) is 11.1 Å². The second-order valence-corrected chi connectivity index (χ2v) is 4.88. The molecule has 0 amide bonds. The second kappa shape index (κ2) is 4.74. The van der Waals surface area contributed by atoms with E-state index in [1.54, 1.807) is 6.20 Å². The molecule has 0 spiro atoms. The number of aryl methyl sites for hydroxylation is 1. The third-order valence-corrected chi connectivity index (χ3v) is 3.68. The summed E-state index contributed by atoms with van der Waals surface area (Å²) in [7, 11) is 0. The number of rotatable bonds is 1. The molecule has 3 rings (SSSR count). The lowest BCUT2D eigenvalue weighted by atomic mass is 9.99. The molecule has 0 atom stereocenters. The summed E-state index contributed by atoms with van der Waals surface area (Å²) in [6.45, 7) is 3.71. The van der Waals surface area contributed by atoms with Gasteiger partial charge in [-0.1, -0.05) is 24.3 Å². The topological polar surface area (TPSA) is 39.9 Å². The zero-order valence-corrected chi connectivity index (χ0v) is 10.9. The highest BCUT2D eigenvalue weighted by atomic mass is 15.2. The van der Waals surface area contributed by atoms with Gasteiger partial charge in [-0.25, -0.2) is 4.98 Å². The minimum Gasteiger partial charge on any atom is -0.351 e. The molecule has 0 radical (unpaired) electrons. The fourth-order valence-electron chi connectivity index (χ4n) is 2.60. The fraction of sp³-hybridized carbons (Fsp3) is 0.250. The molecule has 0 N–H and O–H groups in total. The van der Waals surface area contributed by atoms with Gasteiger partial charge in [0.05, 0.1) is 5.56 Å². The maximum absolute atomic E-state index is 9.31. The van der Waals surface area contributed by atoms with Gasteiger partial charge >= 0.3 is 0 Å². The third kappa shape index (κ3) is 2.06. The molecule has 1 aliphatic rings. The summed E-state index contributed by atoms with van der Waals surface area (Å²) >= 11 is 0. The van der Waals surface area contributed by atoms with Crippen LogP contribution in [-0.2, 0) is 13.0 Å². The number of fused-ring (bicyclic) bond motifs is 1. The van der Waals surface area contributed by atoms with Crippen LogP contribution < -0.4 is 4.90 Å². The van der Waals surface area contributed by atoms with Crippen LogP contribution in [0, 0.1) is 18.3 Å². The van der Waals surface area contributed by atoms with E-state index in [2.05, 4.69) is 40.2 Å². The molecule has 0 saturated heterocycles. The molecule has 1 aromatic heterocycles. The Hall–Kier alpha value is -2.34. The van der Waals surface area contributed by atoms with Crippen molar-refractivity contribution in [1.82, 2.24) is 4.98 Å². The SMILES string of the molecule is Cc1ccnc(N2CCc3ccccc3C2)c1C#N. The van der Waals surface area contributed by atoms with E-state index in [0.29, 0.717) is 5.56 Å². The van der Waals surface area contributed by atoms with Crippen LogP contribution in [0.25, 0.3) is 0 Å². The van der Waals surface area contributed by atoms with Gasteiger partial charge in [0.1, 0.15) is 11.9 Å². The van der Waals surface area contributed by atoms with Gasteiger partial charge in [0, 0.05) is 19.3 Å². The highest BCUT2D eigenvalue weighted by molar-refractivity contribution is 5.58. The van der Waals surface area contributed by atoms with E-state index < -0.39 is 0 Å². The molecule has 1 aromatic carbocycles. The lowest BCUT2D eigenvalue weighted by Gasteiger charge is -2.30. The van der Waals surface area contributed by atoms with Crippen LogP contribution in [0.3, 0.4) is 0 Å². The molecule has 3 heteroatoms. The number of aromatic nitrogens is 1. The summed E-state index contributed by atoms with van der Waals surface area (Å²) in [5.41, 5.74) is 4.43. The molecule has 94 valence electrons. The molecule has 0 aliphatic carbocycles. The highest BCUT2D eigenvalue weighted by Gasteiger charge is 2.20. The van der Waals surface area contributed by atoms with Crippen LogP contribution in [0.2, 0.25) is 0 Å². The van der Waals surface area contributed by atoms with Crippen molar-refractivity contribution in [3.63, 3.8) is 0 Å². The average Bonchev–Trinajstić information content (AvgIpc) is 2.46. The van der Waals surface area contributed by atoms with Crippen molar-refractivity contribution in [3.05, 3.63) is 58.8 Å². The molecule has 3 nitrogen and oxygen atoms in total. The summed E-state index contributed by atoms with van der Waals surface area (Å²) in [4.78, 5) is 6.61. The number of benzene rings is 1. The van der Waals surface area contributed by atoms with Crippen molar-refractivity contribution in [1.29, 1.82) is 5.26 Å². The van der Waals surface area contributed by atoms with Gasteiger partial charge in [-0.05, 0) is 36.1 Å². The smallest absolute Gasteiger partial charge is 0.147 e. The van der Waals surface area contributed by atoms with Gasteiger partial charge in [0.15, 0.2) is 0 Å². The van der Waals surface area contributed by atoms with Crippen LogP contribution >= 0.6 is 0 Å². The van der Waals surface area contributed by atoms with Crippen molar-refractivity contribution in [2.75, 3.05) is 11.4 Å². The third-order valence-electron chi connectivity index (χ3n) is 3.68. The van der Waals surface area contributed by atoms with Gasteiger partial charge < -0.3 is 4.90 Å². The molecule has 0 saturated carbocycles. The summed E-state index contributed by atoms with van der Waals surface area (Å²) < 4.78 is 0. The first kappa shape index (κ1) is 11.7. The quantitative estimate of drug-likeness (QED) is 0.780. The van der Waals surface area contributed by atoms with Gasteiger partial charge in [-0.15, -0.1) is 0 Å². The van der Waals surface area contributed by atoms with E-state index in [1.807, 2.05) is 13.0 Å². The van der Waals surface area contributed by atoms with Gasteiger partial charge in [-0.3, -0.25) is 0 Å². The molecule has 19 heavy (non-hydrogen) atoms. The van der Waals surface area contributed by atoms with Crippen molar-refractivity contribution in [2.24, 2.45) is 0 Å². The first-order valence-electron chi connectivity index (χ1n) is 6.47. The standard InChI is InChI=1S/C16H15N3/c1-12-6-8-18-16(15(12)10-17)19-9-7-13-4-2-3-5-14(13)11-19/h2-6,8H,7,9,11H2,1H3. The number of anilines is 1. The van der Waals surface area contributed by atoms with Gasteiger partial charge in [-0.2, -0.15) is 5.26 Å². The number of pyridine rings is 1. The first-order valence-corrected chi connectivity index (χ1v) is 6.47. The molecule has 0 bridgehead atoms. The van der Waals surface area contributed by atoms with Crippen LogP contribution in [-0.4, -0.2) is 11.5 Å². The monoisotopic (exact) mass is 249 g/mol. The van der Waals surface area contributed by atoms with Crippen molar-refractivity contribution in [2.45, 2.75) is 19.9 Å². The van der Waals surface area contributed by atoms with E-state index in [9.17, 15) is 5.26 Å². The Morgan fingerprint density at radius 1 is 1.21 bits per heavy atom. The van der Waals surface area contributed by atoms with Crippen molar-refractivity contribution >= 4 is 5.82 Å². The average molecular weight is 249 g/mol. The number of nitriles is 1. The lowest BCUT2D eigenvalue weighted by molar-refractivity contribution is 0.719. The lowest BCUT2D eigenvalue weighted by Crippen LogP contribution is -2.31. The predicted molar refractivity (Wildman–Crippen MR) is 74.9 cm³/mol. The largest absolute Gasteiger partial charge is 0.351 e. The molecule has 1 aliphatic heterocycles. The summed E-state index contributed by atoms with van der Waals surface area (Å²) in [5, 5.41) is 9.31. The Morgan fingerprint density at radius 2 is 2.00 bits per heavy atom. The Bertz CT molecular complexity index is 655. The minimum atomic E-state index is 0.696. The highest BCUT2D eigenvalue weighted by Crippen LogP contribution is 2.26. The number of hydrogen-bond acceptors (Lipinski definition) is 3. The van der Waals surface area contributed by atoms with Crippen molar-refractivity contribution < 1.29 is 0 Å². The summed E-state index contributed by atoms with van der Waals surface area (Å²) in [6, 6.07) is 12.7. The number of hydrogen-bond donors (Lipinski definition) is 0. The molecule has 2 heterocycles. The fourth-order valence-corrected chi connectivity index (χ4v) is 2.60. The Balaban J connectivity index is 1.98. The summed E-state index contributed by atoms with van der Waals surface area (Å²) in [5.74, 6) is 0.817. The molecule has 0 fully saturated rings. The molecular formula is C16H15N3. The van der Waals surface area contributed by atoms with Crippen LogP contribution in [0.5, 0.6) is 0 Å². The molecular weight excluding hydrogens is 234 g/mol. The zero-order valence-electron chi connectivity index (χ0n) is 10.9. The normalized spacial score (nSPS) is 13.8. The van der Waals surface area contributed by atoms with E-state index in [4.69, 9.17) is 0 Å².